The molecule has 1 aliphatic rings. The van der Waals surface area contributed by atoms with Gasteiger partial charge in [-0.2, -0.15) is 5.26 Å². The van der Waals surface area contributed by atoms with Gasteiger partial charge in [0.1, 0.15) is 40.9 Å². The Balaban J connectivity index is 1.48. The highest BCUT2D eigenvalue weighted by molar-refractivity contribution is 6.02. The van der Waals surface area contributed by atoms with E-state index in [4.69, 9.17) is 10.5 Å². The van der Waals surface area contributed by atoms with Crippen molar-refractivity contribution in [3.8, 4) is 28.7 Å². The summed E-state index contributed by atoms with van der Waals surface area (Å²) < 4.78 is 8.11. The van der Waals surface area contributed by atoms with Gasteiger partial charge in [0.2, 0.25) is 0 Å². The second-order valence-electron chi connectivity index (χ2n) is 10.9. The van der Waals surface area contributed by atoms with Gasteiger partial charge in [0.25, 0.3) is 5.91 Å². The predicted molar refractivity (Wildman–Crippen MR) is 160 cm³/mol. The number of ether oxygens (including phenoxy) is 1. The van der Waals surface area contributed by atoms with E-state index in [1.807, 2.05) is 87.3 Å². The summed E-state index contributed by atoms with van der Waals surface area (Å²) in [6.07, 6.45) is 4.89. The van der Waals surface area contributed by atoms with Gasteiger partial charge in [-0.3, -0.25) is 4.79 Å². The van der Waals surface area contributed by atoms with E-state index >= 15 is 0 Å². The molecule has 0 bridgehead atoms. The zero-order valence-corrected chi connectivity index (χ0v) is 23.9. The molecule has 1 fully saturated rings. The molecule has 1 atom stereocenters. The predicted octanol–water partition coefficient (Wildman–Crippen LogP) is 5.22. The lowest BCUT2D eigenvalue weighted by atomic mass is 10.0. The van der Waals surface area contributed by atoms with Crippen molar-refractivity contribution in [1.82, 2.24) is 24.8 Å². The second-order valence-corrected chi connectivity index (χ2v) is 10.9. The highest BCUT2D eigenvalue weighted by Crippen LogP contribution is 2.38. The molecule has 0 aliphatic carbocycles. The number of carbonyl (C=O) groups excluding carboxylic acids is 1. The number of likely N-dealkylation sites (N-methyl/N-ethyl adjacent to an activating group) is 1. The number of fused-ring (bicyclic) bond motifs is 1. The standard InChI is InChI=1S/C32H35N7O2/c1-21-27(22-12-14-26(15-13-22)41-25-10-6-5-7-11-25)28-29(34)36-20-37-30(28)39(21)19-24-9-8-16-38(24)31(40)23(18-33)17-32(2,3)35-4/h5-7,10-15,17,20,24,35H,8-9,16,19H2,1-4H3,(H2,34,36,37)/t24-/m0/s1. The molecule has 9 nitrogen and oxygen atoms in total. The third kappa shape index (κ3) is 5.65. The molecule has 0 unspecified atom stereocenters. The first kappa shape index (κ1) is 27.9. The molecule has 5 rings (SSSR count). The smallest absolute Gasteiger partial charge is 0.264 e. The summed E-state index contributed by atoms with van der Waals surface area (Å²) in [5.41, 5.74) is 9.72. The zero-order valence-electron chi connectivity index (χ0n) is 23.9. The highest BCUT2D eigenvalue weighted by atomic mass is 16.5. The van der Waals surface area contributed by atoms with Crippen molar-refractivity contribution in [3.05, 3.63) is 78.3 Å². The van der Waals surface area contributed by atoms with Crippen LogP contribution in [-0.4, -0.2) is 50.5 Å². The molecule has 3 heterocycles. The number of nitrogens with one attached hydrogen (secondary N) is 1. The van der Waals surface area contributed by atoms with Crippen LogP contribution in [0.3, 0.4) is 0 Å². The Hall–Kier alpha value is -4.68. The molecule has 0 radical (unpaired) electrons. The number of benzene rings is 2. The maximum atomic E-state index is 13.5. The van der Waals surface area contributed by atoms with Crippen LogP contribution in [0.4, 0.5) is 5.82 Å². The fraction of sp³-hybridized carbons (Fsp3) is 0.312. The second kappa shape index (κ2) is 11.4. The molecule has 210 valence electrons. The van der Waals surface area contributed by atoms with E-state index in [0.29, 0.717) is 18.9 Å². The first-order valence-corrected chi connectivity index (χ1v) is 13.8. The van der Waals surface area contributed by atoms with Crippen LogP contribution < -0.4 is 15.8 Å². The molecule has 1 aliphatic heterocycles. The van der Waals surface area contributed by atoms with Crippen molar-refractivity contribution in [2.45, 2.75) is 51.7 Å². The van der Waals surface area contributed by atoms with Gasteiger partial charge in [-0.25, -0.2) is 9.97 Å². The van der Waals surface area contributed by atoms with Crippen LogP contribution >= 0.6 is 0 Å². The number of carbonyl (C=O) groups is 1. The monoisotopic (exact) mass is 549 g/mol. The van der Waals surface area contributed by atoms with Crippen LogP contribution in [0.25, 0.3) is 22.2 Å². The van der Waals surface area contributed by atoms with Gasteiger partial charge in [0.15, 0.2) is 0 Å². The number of aromatic nitrogens is 3. The van der Waals surface area contributed by atoms with Gasteiger partial charge in [0, 0.05) is 29.9 Å². The third-order valence-corrected chi connectivity index (χ3v) is 7.78. The normalized spacial score (nSPS) is 15.7. The molecule has 41 heavy (non-hydrogen) atoms. The van der Waals surface area contributed by atoms with E-state index in [2.05, 4.69) is 25.9 Å². The molecule has 2 aromatic heterocycles. The van der Waals surface area contributed by atoms with Gasteiger partial charge in [-0.1, -0.05) is 30.3 Å². The summed E-state index contributed by atoms with van der Waals surface area (Å²) >= 11 is 0. The minimum Gasteiger partial charge on any atom is -0.457 e. The lowest BCUT2D eigenvalue weighted by Crippen LogP contribution is -2.40. The number of nitrogens with two attached hydrogens (primary N) is 1. The van der Waals surface area contributed by atoms with E-state index in [1.54, 1.807) is 6.08 Å². The van der Waals surface area contributed by atoms with E-state index in [1.165, 1.54) is 6.33 Å². The molecular weight excluding hydrogens is 514 g/mol. The molecule has 4 aromatic rings. The van der Waals surface area contributed by atoms with Crippen molar-refractivity contribution < 1.29 is 9.53 Å². The van der Waals surface area contributed by atoms with Gasteiger partial charge in [-0.15, -0.1) is 0 Å². The summed E-state index contributed by atoms with van der Waals surface area (Å²) in [5.74, 6) is 1.66. The van der Waals surface area contributed by atoms with E-state index in [-0.39, 0.29) is 17.5 Å². The number of anilines is 1. The first-order chi connectivity index (χ1) is 19.7. The Morgan fingerprint density at radius 3 is 2.56 bits per heavy atom. The number of rotatable bonds is 8. The summed E-state index contributed by atoms with van der Waals surface area (Å²) in [6.45, 7) is 7.05. The molecule has 3 N–H and O–H groups in total. The Bertz CT molecular complexity index is 1630. The minimum atomic E-state index is -0.478. The number of amides is 1. The van der Waals surface area contributed by atoms with Crippen LogP contribution in [0.5, 0.6) is 11.5 Å². The Kier molecular flexibility index (Phi) is 7.77. The summed E-state index contributed by atoms with van der Waals surface area (Å²) in [6, 6.07) is 19.6. The Morgan fingerprint density at radius 2 is 1.88 bits per heavy atom. The number of nitrogen functional groups attached to an aromatic ring is 1. The van der Waals surface area contributed by atoms with Gasteiger partial charge in [-0.05, 0) is 76.6 Å². The SMILES string of the molecule is CNC(C)(C)C=C(C#N)C(=O)N1CCC[C@H]1Cn1c(C)c(-c2ccc(Oc3ccccc3)cc2)c2c(N)ncnc21. The first-order valence-electron chi connectivity index (χ1n) is 13.8. The maximum absolute atomic E-state index is 13.5. The number of para-hydroxylation sites is 1. The molecule has 1 amide bonds. The van der Waals surface area contributed by atoms with Gasteiger partial charge < -0.3 is 25.3 Å². The average Bonchev–Trinajstić information content (AvgIpc) is 3.55. The van der Waals surface area contributed by atoms with Crippen LogP contribution in [0.2, 0.25) is 0 Å². The van der Waals surface area contributed by atoms with Crippen LogP contribution in [0.15, 0.2) is 72.6 Å². The van der Waals surface area contributed by atoms with E-state index in [0.717, 1.165) is 52.2 Å². The van der Waals surface area contributed by atoms with Crippen LogP contribution in [0.1, 0.15) is 32.4 Å². The number of nitrogens with zero attached hydrogens (tertiary/aromatic N) is 5. The van der Waals surface area contributed by atoms with Gasteiger partial charge in [0.05, 0.1) is 11.4 Å². The zero-order chi connectivity index (χ0) is 29.1. The number of likely N-dealkylation sites (tertiary alicyclic amines) is 1. The number of hydrogen-bond donors (Lipinski definition) is 2. The van der Waals surface area contributed by atoms with E-state index in [9.17, 15) is 10.1 Å². The third-order valence-electron chi connectivity index (χ3n) is 7.78. The van der Waals surface area contributed by atoms with Gasteiger partial charge >= 0.3 is 0 Å². The molecule has 9 heteroatoms. The fourth-order valence-electron chi connectivity index (χ4n) is 5.43. The molecule has 0 spiro atoms. The Morgan fingerprint density at radius 1 is 1.17 bits per heavy atom. The highest BCUT2D eigenvalue weighted by Gasteiger charge is 2.33. The minimum absolute atomic E-state index is 0.0862. The topological polar surface area (TPSA) is 122 Å². The number of nitriles is 1. The fourth-order valence-corrected chi connectivity index (χ4v) is 5.43. The molecular formula is C32H35N7O2. The van der Waals surface area contributed by atoms with Crippen LogP contribution in [-0.2, 0) is 11.3 Å². The lowest BCUT2D eigenvalue weighted by molar-refractivity contribution is -0.127. The quantitative estimate of drug-likeness (QED) is 0.228. The molecule has 0 saturated carbocycles. The van der Waals surface area contributed by atoms with E-state index < -0.39 is 5.54 Å². The van der Waals surface area contributed by atoms with Crippen molar-refractivity contribution in [3.63, 3.8) is 0 Å². The average molecular weight is 550 g/mol. The molecule has 2 aromatic carbocycles. The maximum Gasteiger partial charge on any atom is 0.264 e. The summed E-state index contributed by atoms with van der Waals surface area (Å²) in [5, 5.41) is 13.7. The van der Waals surface area contributed by atoms with Crippen LogP contribution in [0, 0.1) is 18.3 Å². The summed E-state index contributed by atoms with van der Waals surface area (Å²) in [4.78, 5) is 24.2. The van der Waals surface area contributed by atoms with Crippen molar-refractivity contribution in [1.29, 1.82) is 5.26 Å². The van der Waals surface area contributed by atoms with Crippen molar-refractivity contribution >= 4 is 22.8 Å². The van der Waals surface area contributed by atoms with Crippen molar-refractivity contribution in [2.24, 2.45) is 0 Å². The summed E-state index contributed by atoms with van der Waals surface area (Å²) in [7, 11) is 1.81. The Labute approximate surface area is 240 Å². The molecule has 1 saturated heterocycles. The number of hydrogen-bond acceptors (Lipinski definition) is 7. The largest absolute Gasteiger partial charge is 0.457 e. The lowest BCUT2D eigenvalue weighted by Gasteiger charge is -2.27. The van der Waals surface area contributed by atoms with Crippen molar-refractivity contribution in [2.75, 3.05) is 19.3 Å².